The molecule has 3 aromatic rings. The lowest BCUT2D eigenvalue weighted by atomic mass is 10.1. The van der Waals surface area contributed by atoms with E-state index in [0.717, 1.165) is 18.5 Å². The van der Waals surface area contributed by atoms with Crippen molar-refractivity contribution in [2.75, 3.05) is 6.54 Å². The Morgan fingerprint density at radius 1 is 1.40 bits per heavy atom. The first-order chi connectivity index (χ1) is 12.1. The summed E-state index contributed by atoms with van der Waals surface area (Å²) in [6.07, 6.45) is 5.39. The first-order valence-corrected chi connectivity index (χ1v) is 8.37. The predicted octanol–water partition coefficient (Wildman–Crippen LogP) is 2.67. The van der Waals surface area contributed by atoms with Crippen LogP contribution in [0, 0.1) is 5.82 Å². The van der Waals surface area contributed by atoms with Gasteiger partial charge in [0.1, 0.15) is 11.5 Å². The molecule has 1 unspecified atom stereocenters. The lowest BCUT2D eigenvalue weighted by Crippen LogP contribution is -2.30. The molecule has 0 spiro atoms. The van der Waals surface area contributed by atoms with Gasteiger partial charge in [0.25, 0.3) is 5.91 Å². The van der Waals surface area contributed by atoms with Crippen molar-refractivity contribution in [1.29, 1.82) is 0 Å². The van der Waals surface area contributed by atoms with Crippen LogP contribution in [0.4, 0.5) is 4.39 Å². The molecule has 4 rings (SSSR count). The molecule has 1 fully saturated rings. The van der Waals surface area contributed by atoms with Crippen LogP contribution in [0.1, 0.15) is 53.5 Å². The smallest absolute Gasteiger partial charge is 0.270 e. The van der Waals surface area contributed by atoms with Crippen molar-refractivity contribution in [3.63, 3.8) is 0 Å². The Bertz CT molecular complexity index is 934. The maximum Gasteiger partial charge on any atom is 0.270 e. The summed E-state index contributed by atoms with van der Waals surface area (Å²) in [7, 11) is 0. The highest BCUT2D eigenvalue weighted by atomic mass is 19.1. The predicted molar refractivity (Wildman–Crippen MR) is 89.9 cm³/mol. The van der Waals surface area contributed by atoms with Gasteiger partial charge in [0, 0.05) is 36.3 Å². The SMILES string of the molecule is CC(CNC(=O)c1cc(C2CC2)nc2ccnn12)c1ncccc1F. The molecule has 1 N–H and O–H groups in total. The van der Waals surface area contributed by atoms with Gasteiger partial charge in [-0.3, -0.25) is 9.78 Å². The Morgan fingerprint density at radius 3 is 3.00 bits per heavy atom. The van der Waals surface area contributed by atoms with E-state index in [1.807, 2.05) is 6.92 Å². The normalized spacial score (nSPS) is 15.3. The number of carbonyl (C=O) groups is 1. The van der Waals surface area contributed by atoms with Crippen LogP contribution in [0.25, 0.3) is 5.65 Å². The van der Waals surface area contributed by atoms with Gasteiger partial charge in [-0.05, 0) is 31.0 Å². The first kappa shape index (κ1) is 15.7. The highest BCUT2D eigenvalue weighted by Gasteiger charge is 2.27. The molecular formula is C18H18FN5O. The number of fused-ring (bicyclic) bond motifs is 1. The zero-order valence-electron chi connectivity index (χ0n) is 13.8. The molecular weight excluding hydrogens is 321 g/mol. The van der Waals surface area contributed by atoms with Crippen LogP contribution in [0.2, 0.25) is 0 Å². The molecule has 3 aromatic heterocycles. The van der Waals surface area contributed by atoms with E-state index in [4.69, 9.17) is 0 Å². The number of amides is 1. The minimum Gasteiger partial charge on any atom is -0.350 e. The largest absolute Gasteiger partial charge is 0.350 e. The molecule has 1 aliphatic rings. The number of nitrogens with one attached hydrogen (secondary N) is 1. The lowest BCUT2D eigenvalue weighted by molar-refractivity contribution is 0.0943. The van der Waals surface area contributed by atoms with Gasteiger partial charge in [-0.25, -0.2) is 13.9 Å². The summed E-state index contributed by atoms with van der Waals surface area (Å²) in [5.41, 5.74) is 2.39. The van der Waals surface area contributed by atoms with Gasteiger partial charge in [0.2, 0.25) is 0 Å². The summed E-state index contributed by atoms with van der Waals surface area (Å²) < 4.78 is 15.3. The average molecular weight is 339 g/mol. The third-order valence-electron chi connectivity index (χ3n) is 4.43. The van der Waals surface area contributed by atoms with Gasteiger partial charge in [0.05, 0.1) is 11.9 Å². The monoisotopic (exact) mass is 339 g/mol. The second kappa shape index (κ2) is 6.23. The third-order valence-corrected chi connectivity index (χ3v) is 4.43. The van der Waals surface area contributed by atoms with Crippen LogP contribution in [0.3, 0.4) is 0 Å². The standard InChI is InChI=1S/C18H18FN5O/c1-11(17-13(19)3-2-7-20-17)10-21-18(25)15-9-14(12-4-5-12)23-16-6-8-22-24(15)16/h2-3,6-9,11-12H,4-5,10H2,1H3,(H,21,25). The van der Waals surface area contributed by atoms with E-state index in [9.17, 15) is 9.18 Å². The molecule has 7 heteroatoms. The second-order valence-corrected chi connectivity index (χ2v) is 6.42. The average Bonchev–Trinajstić information content (AvgIpc) is 3.36. The number of nitrogens with zero attached hydrogens (tertiary/aromatic N) is 4. The lowest BCUT2D eigenvalue weighted by Gasteiger charge is -2.13. The number of rotatable bonds is 5. The van der Waals surface area contributed by atoms with E-state index in [0.29, 0.717) is 23.0 Å². The van der Waals surface area contributed by atoms with Crippen LogP contribution in [0.15, 0.2) is 36.7 Å². The van der Waals surface area contributed by atoms with E-state index in [1.165, 1.54) is 10.6 Å². The number of halogens is 1. The number of hydrogen-bond donors (Lipinski definition) is 1. The molecule has 3 heterocycles. The van der Waals surface area contributed by atoms with E-state index >= 15 is 0 Å². The Kier molecular flexibility index (Phi) is 3.91. The molecule has 1 saturated carbocycles. The molecule has 0 aliphatic heterocycles. The quantitative estimate of drug-likeness (QED) is 0.776. The molecule has 25 heavy (non-hydrogen) atoms. The van der Waals surface area contributed by atoms with Crippen LogP contribution < -0.4 is 5.32 Å². The number of pyridine rings is 1. The molecule has 1 aliphatic carbocycles. The molecule has 0 bridgehead atoms. The fourth-order valence-corrected chi connectivity index (χ4v) is 2.88. The zero-order chi connectivity index (χ0) is 17.4. The van der Waals surface area contributed by atoms with Crippen molar-refractivity contribution in [2.24, 2.45) is 0 Å². The summed E-state index contributed by atoms with van der Waals surface area (Å²) in [6, 6.07) is 6.52. The van der Waals surface area contributed by atoms with Crippen LogP contribution in [0.5, 0.6) is 0 Å². The first-order valence-electron chi connectivity index (χ1n) is 8.37. The Morgan fingerprint density at radius 2 is 2.24 bits per heavy atom. The minimum atomic E-state index is -0.362. The Hall–Kier alpha value is -2.83. The zero-order valence-corrected chi connectivity index (χ0v) is 13.8. The van der Waals surface area contributed by atoms with Crippen LogP contribution in [-0.2, 0) is 0 Å². The van der Waals surface area contributed by atoms with Crippen molar-refractivity contribution in [3.05, 3.63) is 59.6 Å². The topological polar surface area (TPSA) is 72.2 Å². The van der Waals surface area contributed by atoms with Crippen LogP contribution >= 0.6 is 0 Å². The molecule has 0 aromatic carbocycles. The minimum absolute atomic E-state index is 0.233. The maximum atomic E-state index is 13.8. The molecule has 1 atom stereocenters. The Labute approximate surface area is 144 Å². The molecule has 6 nitrogen and oxygen atoms in total. The fourth-order valence-electron chi connectivity index (χ4n) is 2.88. The highest BCUT2D eigenvalue weighted by Crippen LogP contribution is 2.39. The molecule has 128 valence electrons. The van der Waals surface area contributed by atoms with Gasteiger partial charge >= 0.3 is 0 Å². The van der Waals surface area contributed by atoms with Gasteiger partial charge in [-0.15, -0.1) is 0 Å². The van der Waals surface area contributed by atoms with Crippen molar-refractivity contribution in [2.45, 2.75) is 31.6 Å². The summed E-state index contributed by atoms with van der Waals surface area (Å²) in [5.74, 6) is -0.407. The molecule has 1 amide bonds. The molecule has 0 radical (unpaired) electrons. The van der Waals surface area contributed by atoms with Crippen molar-refractivity contribution < 1.29 is 9.18 Å². The van der Waals surface area contributed by atoms with E-state index in [2.05, 4.69) is 20.4 Å². The number of hydrogen-bond acceptors (Lipinski definition) is 4. The van der Waals surface area contributed by atoms with Crippen molar-refractivity contribution >= 4 is 11.6 Å². The van der Waals surface area contributed by atoms with Crippen molar-refractivity contribution in [3.8, 4) is 0 Å². The third kappa shape index (κ3) is 3.09. The molecule has 0 saturated heterocycles. The van der Waals surface area contributed by atoms with E-state index in [1.54, 1.807) is 30.6 Å². The van der Waals surface area contributed by atoms with Crippen LogP contribution in [-0.4, -0.2) is 32.0 Å². The number of carbonyl (C=O) groups excluding carboxylic acids is 1. The van der Waals surface area contributed by atoms with Gasteiger partial charge < -0.3 is 5.32 Å². The number of aromatic nitrogens is 4. The van der Waals surface area contributed by atoms with E-state index in [-0.39, 0.29) is 24.2 Å². The van der Waals surface area contributed by atoms with Gasteiger partial charge in [-0.1, -0.05) is 6.92 Å². The Balaban J connectivity index is 1.54. The summed E-state index contributed by atoms with van der Waals surface area (Å²) in [5, 5.41) is 7.04. The fraction of sp³-hybridized carbons (Fsp3) is 0.333. The van der Waals surface area contributed by atoms with Gasteiger partial charge in [0.15, 0.2) is 5.65 Å². The van der Waals surface area contributed by atoms with Crippen molar-refractivity contribution in [1.82, 2.24) is 24.9 Å². The summed E-state index contributed by atoms with van der Waals surface area (Å²) in [6.45, 7) is 2.12. The van der Waals surface area contributed by atoms with E-state index < -0.39 is 0 Å². The summed E-state index contributed by atoms with van der Waals surface area (Å²) >= 11 is 0. The van der Waals surface area contributed by atoms with Gasteiger partial charge in [-0.2, -0.15) is 5.10 Å². The summed E-state index contributed by atoms with van der Waals surface area (Å²) in [4.78, 5) is 21.3. The maximum absolute atomic E-state index is 13.8. The highest BCUT2D eigenvalue weighted by molar-refractivity contribution is 5.93. The second-order valence-electron chi connectivity index (χ2n) is 6.42.